The summed E-state index contributed by atoms with van der Waals surface area (Å²) in [4.78, 5) is 12.6. The van der Waals surface area contributed by atoms with Gasteiger partial charge in [0.2, 0.25) is 0 Å². The largest absolute Gasteiger partial charge is 0.496 e. The molecule has 0 saturated carbocycles. The van der Waals surface area contributed by atoms with Gasteiger partial charge in [-0.1, -0.05) is 58.0 Å². The fraction of sp³-hybridized carbons (Fsp3) is 0.154. The van der Waals surface area contributed by atoms with Crippen molar-refractivity contribution in [2.24, 2.45) is 5.10 Å². The van der Waals surface area contributed by atoms with Gasteiger partial charge in [0.25, 0.3) is 5.91 Å². The van der Waals surface area contributed by atoms with Gasteiger partial charge in [-0.2, -0.15) is 5.10 Å². The molecule has 1 heterocycles. The summed E-state index contributed by atoms with van der Waals surface area (Å²) in [5.41, 5.74) is 4.91. The molecule has 0 atom stereocenters. The molecule has 0 unspecified atom stereocenters. The second-order valence-corrected chi connectivity index (χ2v) is 9.37. The molecule has 0 bridgehead atoms. The first-order valence-corrected chi connectivity index (χ1v) is 12.8. The number of nitrogens with zero attached hydrogens (tertiary/aromatic N) is 4. The van der Waals surface area contributed by atoms with E-state index in [-0.39, 0.29) is 11.7 Å². The standard InChI is InChI=1S/C26H24BrN5O4S/c1-34-20-13-22(35-2)21(23(14-20)36-3)15-28-29-24(33)16-37-26-31-30-25(17-7-5-4-6-8-17)32(26)19-11-9-18(27)10-12-19/h4-15H,16H2,1-3H3,(H,29,33). The maximum Gasteiger partial charge on any atom is 0.250 e. The van der Waals surface area contributed by atoms with Gasteiger partial charge in [-0.25, -0.2) is 5.43 Å². The Hall–Kier alpha value is -3.83. The van der Waals surface area contributed by atoms with E-state index in [2.05, 4.69) is 36.7 Å². The van der Waals surface area contributed by atoms with Gasteiger partial charge in [0.15, 0.2) is 11.0 Å². The van der Waals surface area contributed by atoms with Crippen molar-refractivity contribution in [2.45, 2.75) is 5.16 Å². The van der Waals surface area contributed by atoms with Crippen LogP contribution in [0, 0.1) is 0 Å². The first-order valence-electron chi connectivity index (χ1n) is 11.1. The van der Waals surface area contributed by atoms with Crippen molar-refractivity contribution in [3.05, 3.63) is 76.8 Å². The van der Waals surface area contributed by atoms with Gasteiger partial charge in [0.05, 0.1) is 38.9 Å². The predicted octanol–water partition coefficient (Wildman–Crippen LogP) is 4.97. The molecule has 1 N–H and O–H groups in total. The summed E-state index contributed by atoms with van der Waals surface area (Å²) in [5.74, 6) is 2.04. The Balaban J connectivity index is 1.50. The van der Waals surface area contributed by atoms with E-state index in [0.717, 1.165) is 15.7 Å². The number of ether oxygens (including phenoxy) is 3. The molecule has 0 spiro atoms. The van der Waals surface area contributed by atoms with Gasteiger partial charge in [0.1, 0.15) is 17.2 Å². The topological polar surface area (TPSA) is 99.9 Å². The van der Waals surface area contributed by atoms with E-state index < -0.39 is 0 Å². The van der Waals surface area contributed by atoms with Crippen LogP contribution in [0.4, 0.5) is 0 Å². The van der Waals surface area contributed by atoms with Crippen LogP contribution in [0.2, 0.25) is 0 Å². The maximum absolute atomic E-state index is 12.6. The molecule has 4 aromatic rings. The van der Waals surface area contributed by atoms with Gasteiger partial charge >= 0.3 is 0 Å². The molecule has 4 rings (SSSR count). The number of hydrazone groups is 1. The van der Waals surface area contributed by atoms with Crippen LogP contribution in [0.1, 0.15) is 5.56 Å². The Labute approximate surface area is 227 Å². The van der Waals surface area contributed by atoms with Gasteiger partial charge in [-0.05, 0) is 24.3 Å². The number of hydrogen-bond acceptors (Lipinski definition) is 8. The molecule has 0 aliphatic heterocycles. The monoisotopic (exact) mass is 581 g/mol. The molecule has 0 fully saturated rings. The summed E-state index contributed by atoms with van der Waals surface area (Å²) in [5, 5.41) is 13.4. The van der Waals surface area contributed by atoms with E-state index >= 15 is 0 Å². The number of halogens is 1. The number of amides is 1. The summed E-state index contributed by atoms with van der Waals surface area (Å²) in [7, 11) is 4.62. The average molecular weight is 582 g/mol. The summed E-state index contributed by atoms with van der Waals surface area (Å²) < 4.78 is 19.0. The first-order chi connectivity index (χ1) is 18.0. The zero-order valence-corrected chi connectivity index (χ0v) is 22.7. The van der Waals surface area contributed by atoms with Crippen molar-refractivity contribution in [1.82, 2.24) is 20.2 Å². The van der Waals surface area contributed by atoms with Crippen molar-refractivity contribution in [1.29, 1.82) is 0 Å². The van der Waals surface area contributed by atoms with Crippen molar-refractivity contribution in [2.75, 3.05) is 27.1 Å². The highest BCUT2D eigenvalue weighted by Crippen LogP contribution is 2.33. The number of carbonyl (C=O) groups is 1. The highest BCUT2D eigenvalue weighted by atomic mass is 79.9. The van der Waals surface area contributed by atoms with Gasteiger partial charge in [-0.15, -0.1) is 10.2 Å². The molecule has 0 aliphatic carbocycles. The Bertz CT molecular complexity index is 1370. The Morgan fingerprint density at radius 1 is 1.00 bits per heavy atom. The molecule has 1 aromatic heterocycles. The van der Waals surface area contributed by atoms with Crippen LogP contribution in [0.25, 0.3) is 17.1 Å². The summed E-state index contributed by atoms with van der Waals surface area (Å²) in [6.07, 6.45) is 1.47. The van der Waals surface area contributed by atoms with E-state index in [4.69, 9.17) is 14.2 Å². The van der Waals surface area contributed by atoms with Gasteiger partial charge in [0, 0.05) is 27.9 Å². The van der Waals surface area contributed by atoms with E-state index in [1.165, 1.54) is 32.2 Å². The minimum Gasteiger partial charge on any atom is -0.496 e. The van der Waals surface area contributed by atoms with Gasteiger partial charge < -0.3 is 14.2 Å². The smallest absolute Gasteiger partial charge is 0.250 e. The third-order valence-electron chi connectivity index (χ3n) is 5.22. The maximum atomic E-state index is 12.6. The summed E-state index contributed by atoms with van der Waals surface area (Å²) in [6.45, 7) is 0. The Morgan fingerprint density at radius 2 is 1.68 bits per heavy atom. The third-order valence-corrected chi connectivity index (χ3v) is 6.68. The fourth-order valence-electron chi connectivity index (χ4n) is 3.45. The lowest BCUT2D eigenvalue weighted by atomic mass is 10.2. The van der Waals surface area contributed by atoms with Crippen molar-refractivity contribution in [3.8, 4) is 34.3 Å². The van der Waals surface area contributed by atoms with Crippen molar-refractivity contribution >= 4 is 39.8 Å². The van der Waals surface area contributed by atoms with Crippen LogP contribution in [-0.2, 0) is 4.79 Å². The zero-order valence-electron chi connectivity index (χ0n) is 20.3. The first kappa shape index (κ1) is 26.2. The van der Waals surface area contributed by atoms with E-state index in [0.29, 0.717) is 33.8 Å². The van der Waals surface area contributed by atoms with Crippen molar-refractivity contribution < 1.29 is 19.0 Å². The molecular weight excluding hydrogens is 558 g/mol. The molecule has 11 heteroatoms. The highest BCUT2D eigenvalue weighted by molar-refractivity contribution is 9.10. The number of aromatic nitrogens is 3. The van der Waals surface area contributed by atoms with Crippen LogP contribution in [0.3, 0.4) is 0 Å². The van der Waals surface area contributed by atoms with Crippen LogP contribution < -0.4 is 19.6 Å². The quantitative estimate of drug-likeness (QED) is 0.160. The molecule has 37 heavy (non-hydrogen) atoms. The molecule has 0 aliphatic rings. The van der Waals surface area contributed by atoms with Crippen LogP contribution >= 0.6 is 27.7 Å². The second-order valence-electron chi connectivity index (χ2n) is 7.51. The molecule has 3 aromatic carbocycles. The lowest BCUT2D eigenvalue weighted by molar-refractivity contribution is -0.118. The predicted molar refractivity (Wildman–Crippen MR) is 147 cm³/mol. The SMILES string of the molecule is COc1cc(OC)c(C=NNC(=O)CSc2nnc(-c3ccccc3)n2-c2ccc(Br)cc2)c(OC)c1. The lowest BCUT2D eigenvalue weighted by Crippen LogP contribution is -2.20. The van der Waals surface area contributed by atoms with E-state index in [9.17, 15) is 4.79 Å². The van der Waals surface area contributed by atoms with Crippen LogP contribution in [0.5, 0.6) is 17.2 Å². The Kier molecular flexibility index (Phi) is 8.81. The Morgan fingerprint density at radius 3 is 2.30 bits per heavy atom. The molecular formula is C26H24BrN5O4S. The van der Waals surface area contributed by atoms with Crippen molar-refractivity contribution in [3.63, 3.8) is 0 Å². The minimum atomic E-state index is -0.306. The summed E-state index contributed by atoms with van der Waals surface area (Å²) in [6, 6.07) is 21.0. The number of benzene rings is 3. The number of hydrogen-bond donors (Lipinski definition) is 1. The number of thioether (sulfide) groups is 1. The van der Waals surface area contributed by atoms with Crippen LogP contribution in [-0.4, -0.2) is 54.0 Å². The minimum absolute atomic E-state index is 0.0810. The normalized spacial score (nSPS) is 10.9. The highest BCUT2D eigenvalue weighted by Gasteiger charge is 2.17. The second kappa shape index (κ2) is 12.4. The number of nitrogens with one attached hydrogen (secondary N) is 1. The summed E-state index contributed by atoms with van der Waals surface area (Å²) >= 11 is 4.73. The zero-order chi connectivity index (χ0) is 26.2. The van der Waals surface area contributed by atoms with E-state index in [1.807, 2.05) is 59.2 Å². The molecule has 190 valence electrons. The number of rotatable bonds is 10. The molecule has 9 nitrogen and oxygen atoms in total. The molecule has 0 radical (unpaired) electrons. The fourth-order valence-corrected chi connectivity index (χ4v) is 4.46. The van der Waals surface area contributed by atoms with E-state index in [1.54, 1.807) is 19.2 Å². The molecule has 1 amide bonds. The molecule has 0 saturated heterocycles. The third kappa shape index (κ3) is 6.30. The number of methoxy groups -OCH3 is 3. The average Bonchev–Trinajstić information content (AvgIpc) is 3.36. The lowest BCUT2D eigenvalue weighted by Gasteiger charge is -2.12. The van der Waals surface area contributed by atoms with Crippen LogP contribution in [0.15, 0.2) is 81.5 Å². The number of carbonyl (C=O) groups excluding carboxylic acids is 1. The van der Waals surface area contributed by atoms with Gasteiger partial charge in [-0.3, -0.25) is 9.36 Å².